The second kappa shape index (κ2) is 7.53. The van der Waals surface area contributed by atoms with Gasteiger partial charge in [0.15, 0.2) is 0 Å². The van der Waals surface area contributed by atoms with Gasteiger partial charge in [-0.2, -0.15) is 0 Å². The highest BCUT2D eigenvalue weighted by Gasteiger charge is 2.17. The van der Waals surface area contributed by atoms with Crippen LogP contribution in [-0.2, 0) is 6.54 Å². The third kappa shape index (κ3) is 3.72. The number of nitrogens with zero attached hydrogens (tertiary/aromatic N) is 1. The first-order chi connectivity index (χ1) is 12.6. The number of hydrogen-bond acceptors (Lipinski definition) is 3. The topological polar surface area (TPSA) is 77.8 Å². The summed E-state index contributed by atoms with van der Waals surface area (Å²) in [6.45, 7) is 0.301. The molecule has 130 valence electrons. The van der Waals surface area contributed by atoms with E-state index in [1.54, 1.807) is 6.07 Å². The molecule has 0 aliphatic heterocycles. The molecule has 0 aromatic heterocycles. The van der Waals surface area contributed by atoms with Crippen molar-refractivity contribution in [3.8, 4) is 0 Å². The highest BCUT2D eigenvalue weighted by atomic mass is 16.4. The lowest BCUT2D eigenvalue weighted by Gasteiger charge is -2.26. The van der Waals surface area contributed by atoms with Gasteiger partial charge in [0.1, 0.15) is 0 Å². The van der Waals surface area contributed by atoms with Crippen molar-refractivity contribution >= 4 is 23.3 Å². The van der Waals surface area contributed by atoms with Gasteiger partial charge in [-0.25, -0.2) is 9.59 Å². The Morgan fingerprint density at radius 3 is 1.73 bits per heavy atom. The van der Waals surface area contributed by atoms with Crippen LogP contribution in [0.3, 0.4) is 0 Å². The molecule has 3 aromatic carbocycles. The number of benzene rings is 3. The summed E-state index contributed by atoms with van der Waals surface area (Å²) in [4.78, 5) is 24.8. The van der Waals surface area contributed by atoms with E-state index in [0.717, 1.165) is 11.4 Å². The Balaban J connectivity index is 2.05. The van der Waals surface area contributed by atoms with Crippen molar-refractivity contribution in [1.82, 2.24) is 0 Å². The van der Waals surface area contributed by atoms with Crippen molar-refractivity contribution in [2.75, 3.05) is 4.90 Å². The van der Waals surface area contributed by atoms with Crippen molar-refractivity contribution in [2.45, 2.75) is 6.54 Å². The number of anilines is 2. The summed E-state index contributed by atoms with van der Waals surface area (Å²) in [5, 5.41) is 18.6. The Bertz CT molecular complexity index is 884. The standard InChI is InChI=1S/C21H17NO4/c23-20(24)15-11-12-16(19(13-15)21(25)26)14-22(17-7-3-1-4-8-17)18-9-5-2-6-10-18/h1-13H,14H2,(H,23,24)(H,25,26). The molecule has 5 nitrogen and oxygen atoms in total. The van der Waals surface area contributed by atoms with Gasteiger partial charge in [0.2, 0.25) is 0 Å². The zero-order valence-electron chi connectivity index (χ0n) is 13.9. The molecule has 2 N–H and O–H groups in total. The van der Waals surface area contributed by atoms with E-state index < -0.39 is 11.9 Å². The summed E-state index contributed by atoms with van der Waals surface area (Å²) in [5.41, 5.74) is 2.31. The highest BCUT2D eigenvalue weighted by molar-refractivity contribution is 5.95. The Morgan fingerprint density at radius 1 is 0.731 bits per heavy atom. The van der Waals surface area contributed by atoms with Crippen LogP contribution in [0.5, 0.6) is 0 Å². The Labute approximate surface area is 150 Å². The van der Waals surface area contributed by atoms with Crippen LogP contribution in [0.25, 0.3) is 0 Å². The van der Waals surface area contributed by atoms with Crippen LogP contribution in [0.2, 0.25) is 0 Å². The number of hydrogen-bond donors (Lipinski definition) is 2. The molecule has 3 aromatic rings. The van der Waals surface area contributed by atoms with E-state index in [1.807, 2.05) is 65.6 Å². The Hall–Kier alpha value is -3.60. The van der Waals surface area contributed by atoms with E-state index in [1.165, 1.54) is 12.1 Å². The lowest BCUT2D eigenvalue weighted by atomic mass is 10.0. The van der Waals surface area contributed by atoms with Gasteiger partial charge >= 0.3 is 11.9 Å². The minimum absolute atomic E-state index is 0.0123. The number of aromatic carboxylic acids is 2. The first-order valence-corrected chi connectivity index (χ1v) is 8.03. The third-order valence-electron chi connectivity index (χ3n) is 4.05. The van der Waals surface area contributed by atoms with E-state index in [2.05, 4.69) is 0 Å². The third-order valence-corrected chi connectivity index (χ3v) is 4.05. The summed E-state index contributed by atoms with van der Waals surface area (Å²) >= 11 is 0. The number of carboxylic acids is 2. The van der Waals surface area contributed by atoms with Crippen LogP contribution in [0.4, 0.5) is 11.4 Å². The van der Waals surface area contributed by atoms with Gasteiger partial charge < -0.3 is 15.1 Å². The zero-order chi connectivity index (χ0) is 18.5. The molecule has 0 aliphatic carbocycles. The predicted octanol–water partition coefficient (Wildman–Crippen LogP) is 4.42. The second-order valence-electron chi connectivity index (χ2n) is 5.74. The molecular formula is C21H17NO4. The molecule has 0 saturated carbocycles. The van der Waals surface area contributed by atoms with Crippen LogP contribution in [0.15, 0.2) is 78.9 Å². The van der Waals surface area contributed by atoms with Gasteiger partial charge in [0, 0.05) is 17.9 Å². The molecule has 0 amide bonds. The first-order valence-electron chi connectivity index (χ1n) is 8.03. The molecule has 0 spiro atoms. The summed E-state index contributed by atoms with van der Waals surface area (Å²) in [6.07, 6.45) is 0. The number of para-hydroxylation sites is 2. The van der Waals surface area contributed by atoms with Crippen molar-refractivity contribution in [3.63, 3.8) is 0 Å². The molecular weight excluding hydrogens is 330 g/mol. The molecule has 0 saturated heterocycles. The highest BCUT2D eigenvalue weighted by Crippen LogP contribution is 2.28. The van der Waals surface area contributed by atoms with E-state index in [0.29, 0.717) is 12.1 Å². The molecule has 5 heteroatoms. The van der Waals surface area contributed by atoms with Gasteiger partial charge in [-0.15, -0.1) is 0 Å². The van der Waals surface area contributed by atoms with Crippen molar-refractivity contribution in [3.05, 3.63) is 95.6 Å². The first kappa shape index (κ1) is 17.2. The zero-order valence-corrected chi connectivity index (χ0v) is 13.9. The van der Waals surface area contributed by atoms with Gasteiger partial charge in [-0.3, -0.25) is 0 Å². The van der Waals surface area contributed by atoms with Crippen molar-refractivity contribution in [2.24, 2.45) is 0 Å². The maximum atomic E-state index is 11.6. The molecule has 0 bridgehead atoms. The average Bonchev–Trinajstić information content (AvgIpc) is 2.67. The normalized spacial score (nSPS) is 10.3. The molecule has 0 atom stereocenters. The van der Waals surface area contributed by atoms with Crippen LogP contribution >= 0.6 is 0 Å². The monoisotopic (exact) mass is 347 g/mol. The van der Waals surface area contributed by atoms with Crippen molar-refractivity contribution in [1.29, 1.82) is 0 Å². The minimum atomic E-state index is -1.15. The second-order valence-corrected chi connectivity index (χ2v) is 5.74. The van der Waals surface area contributed by atoms with E-state index in [9.17, 15) is 14.7 Å². The van der Waals surface area contributed by atoms with Crippen LogP contribution in [0, 0.1) is 0 Å². The molecule has 0 radical (unpaired) electrons. The maximum absolute atomic E-state index is 11.6. The van der Waals surface area contributed by atoms with E-state index in [-0.39, 0.29) is 11.1 Å². The van der Waals surface area contributed by atoms with Gasteiger partial charge in [0.25, 0.3) is 0 Å². The molecule has 3 rings (SSSR count). The summed E-state index contributed by atoms with van der Waals surface area (Å²) in [5.74, 6) is -2.30. The quantitative estimate of drug-likeness (QED) is 0.690. The smallest absolute Gasteiger partial charge is 0.336 e. The fraction of sp³-hybridized carbons (Fsp3) is 0.0476. The lowest BCUT2D eigenvalue weighted by molar-refractivity contribution is 0.0695. The fourth-order valence-corrected chi connectivity index (χ4v) is 2.76. The lowest BCUT2D eigenvalue weighted by Crippen LogP contribution is -2.19. The van der Waals surface area contributed by atoms with Crippen LogP contribution in [-0.4, -0.2) is 22.2 Å². The maximum Gasteiger partial charge on any atom is 0.336 e. The van der Waals surface area contributed by atoms with E-state index in [4.69, 9.17) is 5.11 Å². The molecule has 26 heavy (non-hydrogen) atoms. The molecule has 0 heterocycles. The molecule has 0 aliphatic rings. The fourth-order valence-electron chi connectivity index (χ4n) is 2.76. The number of rotatable bonds is 6. The Morgan fingerprint density at radius 2 is 1.27 bits per heavy atom. The van der Waals surface area contributed by atoms with Crippen LogP contribution < -0.4 is 4.90 Å². The average molecular weight is 347 g/mol. The molecule has 0 fully saturated rings. The Kier molecular flexibility index (Phi) is 4.99. The van der Waals surface area contributed by atoms with Gasteiger partial charge in [-0.1, -0.05) is 42.5 Å². The van der Waals surface area contributed by atoms with Crippen molar-refractivity contribution < 1.29 is 19.8 Å². The summed E-state index contributed by atoms with van der Waals surface area (Å²) in [7, 11) is 0. The predicted molar refractivity (Wildman–Crippen MR) is 99.1 cm³/mol. The van der Waals surface area contributed by atoms with Gasteiger partial charge in [0.05, 0.1) is 11.1 Å². The van der Waals surface area contributed by atoms with E-state index >= 15 is 0 Å². The summed E-state index contributed by atoms with van der Waals surface area (Å²) in [6, 6.07) is 23.4. The number of carboxylic acid groups (broad SMARTS) is 2. The number of carbonyl (C=O) groups is 2. The summed E-state index contributed by atoms with van der Waals surface area (Å²) < 4.78 is 0. The largest absolute Gasteiger partial charge is 0.478 e. The van der Waals surface area contributed by atoms with Crippen LogP contribution in [0.1, 0.15) is 26.3 Å². The van der Waals surface area contributed by atoms with Gasteiger partial charge in [-0.05, 0) is 42.0 Å². The minimum Gasteiger partial charge on any atom is -0.478 e. The SMILES string of the molecule is O=C(O)c1ccc(CN(c2ccccc2)c2ccccc2)c(C(=O)O)c1. The molecule has 0 unspecified atom stereocenters.